The van der Waals surface area contributed by atoms with Crippen molar-refractivity contribution in [3.05, 3.63) is 95.9 Å². The Balaban J connectivity index is 1.43. The van der Waals surface area contributed by atoms with Gasteiger partial charge in [-0.15, -0.1) is 0 Å². The van der Waals surface area contributed by atoms with Gasteiger partial charge in [0.25, 0.3) is 0 Å². The number of aromatic nitrogens is 1. The van der Waals surface area contributed by atoms with Crippen molar-refractivity contribution >= 4 is 11.6 Å². The highest BCUT2D eigenvalue weighted by Crippen LogP contribution is 2.26. The van der Waals surface area contributed by atoms with Gasteiger partial charge < -0.3 is 14.5 Å². The molecule has 0 radical (unpaired) electrons. The van der Waals surface area contributed by atoms with Crippen LogP contribution in [0.3, 0.4) is 0 Å². The van der Waals surface area contributed by atoms with Crippen LogP contribution in [0.5, 0.6) is 11.5 Å². The normalized spacial score (nSPS) is 10.9. The number of carbonyl (C=O) groups is 1. The Hall–Kier alpha value is -3.86. The highest BCUT2D eigenvalue weighted by atomic mass is 16.5. The second kappa shape index (κ2) is 9.52. The standard InChI is InChI=1S/C27H26N2O3/c1-18(2)26(30)28-22-13-11-21(12-14-22)27-29-25(19(3)31-27)17-20-9-15-24(16-10-20)32-23-7-5-4-6-8-23/h4-16,18H,17H2,1-3H3,(H,28,30). The molecule has 4 rings (SSSR count). The van der Waals surface area contributed by atoms with Crippen LogP contribution in [0, 0.1) is 12.8 Å². The highest BCUT2D eigenvalue weighted by Gasteiger charge is 2.13. The van der Waals surface area contributed by atoms with E-state index in [2.05, 4.69) is 5.32 Å². The summed E-state index contributed by atoms with van der Waals surface area (Å²) in [6.07, 6.45) is 0.670. The maximum atomic E-state index is 11.9. The lowest BCUT2D eigenvalue weighted by molar-refractivity contribution is -0.118. The molecular weight excluding hydrogens is 400 g/mol. The number of anilines is 1. The molecule has 5 nitrogen and oxygen atoms in total. The Kier molecular flexibility index (Phi) is 6.36. The van der Waals surface area contributed by atoms with Gasteiger partial charge in [-0.2, -0.15) is 0 Å². The largest absolute Gasteiger partial charge is 0.457 e. The summed E-state index contributed by atoms with van der Waals surface area (Å²) in [5.41, 5.74) is 3.65. The molecule has 1 N–H and O–H groups in total. The Morgan fingerprint density at radius 1 is 0.938 bits per heavy atom. The molecule has 0 aliphatic rings. The predicted molar refractivity (Wildman–Crippen MR) is 126 cm³/mol. The van der Waals surface area contributed by atoms with E-state index in [0.29, 0.717) is 12.3 Å². The van der Waals surface area contributed by atoms with Gasteiger partial charge in [0, 0.05) is 23.6 Å². The number of carbonyl (C=O) groups excluding carboxylic acids is 1. The Morgan fingerprint density at radius 2 is 1.59 bits per heavy atom. The average Bonchev–Trinajstić information content (AvgIpc) is 3.16. The lowest BCUT2D eigenvalue weighted by atomic mass is 10.1. The molecule has 0 fully saturated rings. The van der Waals surface area contributed by atoms with Gasteiger partial charge in [-0.25, -0.2) is 4.98 Å². The molecule has 5 heteroatoms. The van der Waals surface area contributed by atoms with E-state index in [-0.39, 0.29) is 11.8 Å². The summed E-state index contributed by atoms with van der Waals surface area (Å²) in [6.45, 7) is 5.66. The number of hydrogen-bond donors (Lipinski definition) is 1. The zero-order valence-electron chi connectivity index (χ0n) is 18.5. The number of oxazole rings is 1. The van der Waals surface area contributed by atoms with Crippen LogP contribution in [-0.4, -0.2) is 10.9 Å². The number of rotatable bonds is 7. The molecule has 1 heterocycles. The molecule has 4 aromatic rings. The lowest BCUT2D eigenvalue weighted by Gasteiger charge is -2.07. The van der Waals surface area contributed by atoms with Crippen molar-refractivity contribution < 1.29 is 13.9 Å². The summed E-state index contributed by atoms with van der Waals surface area (Å²) in [5.74, 6) is 2.90. The predicted octanol–water partition coefficient (Wildman–Crippen LogP) is 6.63. The molecule has 0 bridgehead atoms. The van der Waals surface area contributed by atoms with E-state index in [1.54, 1.807) is 0 Å². The van der Waals surface area contributed by atoms with Crippen LogP contribution in [0.4, 0.5) is 5.69 Å². The number of nitrogens with one attached hydrogen (secondary N) is 1. The molecule has 162 valence electrons. The zero-order valence-corrected chi connectivity index (χ0v) is 18.5. The molecule has 0 spiro atoms. The fraction of sp³-hybridized carbons (Fsp3) is 0.185. The molecule has 32 heavy (non-hydrogen) atoms. The smallest absolute Gasteiger partial charge is 0.226 e. The van der Waals surface area contributed by atoms with Crippen LogP contribution in [0.2, 0.25) is 0 Å². The van der Waals surface area contributed by atoms with Gasteiger partial charge in [0.05, 0.1) is 5.69 Å². The fourth-order valence-electron chi connectivity index (χ4n) is 3.19. The average molecular weight is 427 g/mol. The topological polar surface area (TPSA) is 64.4 Å². The third-order valence-corrected chi connectivity index (χ3v) is 5.09. The monoisotopic (exact) mass is 426 g/mol. The summed E-state index contributed by atoms with van der Waals surface area (Å²) < 4.78 is 11.8. The number of benzene rings is 3. The minimum Gasteiger partial charge on any atom is -0.457 e. The second-order valence-electron chi connectivity index (χ2n) is 7.98. The molecular formula is C27H26N2O3. The molecule has 1 aromatic heterocycles. The second-order valence-corrected chi connectivity index (χ2v) is 7.98. The van der Waals surface area contributed by atoms with E-state index in [9.17, 15) is 4.79 Å². The SMILES string of the molecule is Cc1oc(-c2ccc(NC(=O)C(C)C)cc2)nc1Cc1ccc(Oc2ccccc2)cc1. The molecule has 0 saturated heterocycles. The molecule has 3 aromatic carbocycles. The van der Waals surface area contributed by atoms with Crippen molar-refractivity contribution in [2.75, 3.05) is 5.32 Å². The molecule has 0 atom stereocenters. The highest BCUT2D eigenvalue weighted by molar-refractivity contribution is 5.92. The Labute approximate surface area is 188 Å². The van der Waals surface area contributed by atoms with Crippen LogP contribution in [0.25, 0.3) is 11.5 Å². The van der Waals surface area contributed by atoms with Gasteiger partial charge in [-0.1, -0.05) is 44.2 Å². The fourth-order valence-corrected chi connectivity index (χ4v) is 3.19. The summed E-state index contributed by atoms with van der Waals surface area (Å²) in [5, 5.41) is 2.89. The van der Waals surface area contributed by atoms with Gasteiger partial charge in [-0.05, 0) is 61.0 Å². The maximum Gasteiger partial charge on any atom is 0.226 e. The van der Waals surface area contributed by atoms with Crippen molar-refractivity contribution in [3.8, 4) is 23.0 Å². The van der Waals surface area contributed by atoms with E-state index >= 15 is 0 Å². The first-order valence-corrected chi connectivity index (χ1v) is 10.7. The molecule has 0 saturated carbocycles. The van der Waals surface area contributed by atoms with E-state index in [0.717, 1.165) is 39.8 Å². The Bertz CT molecular complexity index is 1180. The summed E-state index contributed by atoms with van der Waals surface area (Å²) in [6, 6.07) is 25.2. The zero-order chi connectivity index (χ0) is 22.5. The number of ether oxygens (including phenoxy) is 1. The lowest BCUT2D eigenvalue weighted by Crippen LogP contribution is -2.17. The van der Waals surface area contributed by atoms with Crippen molar-refractivity contribution in [1.82, 2.24) is 4.98 Å². The van der Waals surface area contributed by atoms with Crippen LogP contribution in [0.15, 0.2) is 83.3 Å². The van der Waals surface area contributed by atoms with Gasteiger partial charge in [0.15, 0.2) is 0 Å². The van der Waals surface area contributed by atoms with E-state index in [4.69, 9.17) is 14.1 Å². The van der Waals surface area contributed by atoms with E-state index in [1.807, 2.05) is 99.6 Å². The third kappa shape index (κ3) is 5.24. The van der Waals surface area contributed by atoms with Crippen molar-refractivity contribution in [2.45, 2.75) is 27.2 Å². The van der Waals surface area contributed by atoms with E-state index < -0.39 is 0 Å². The molecule has 0 aliphatic carbocycles. The maximum absolute atomic E-state index is 11.9. The number of aryl methyl sites for hydroxylation is 1. The van der Waals surface area contributed by atoms with E-state index in [1.165, 1.54) is 0 Å². The number of hydrogen-bond acceptors (Lipinski definition) is 4. The Morgan fingerprint density at radius 3 is 2.25 bits per heavy atom. The first-order chi connectivity index (χ1) is 15.5. The molecule has 1 amide bonds. The van der Waals surface area contributed by atoms with Crippen molar-refractivity contribution in [1.29, 1.82) is 0 Å². The van der Waals surface area contributed by atoms with Gasteiger partial charge in [0.2, 0.25) is 11.8 Å². The number of nitrogens with zero attached hydrogens (tertiary/aromatic N) is 1. The first kappa shape index (κ1) is 21.4. The van der Waals surface area contributed by atoms with Crippen LogP contribution in [0.1, 0.15) is 30.9 Å². The van der Waals surface area contributed by atoms with Crippen LogP contribution >= 0.6 is 0 Å². The third-order valence-electron chi connectivity index (χ3n) is 5.09. The van der Waals surface area contributed by atoms with Crippen molar-refractivity contribution in [3.63, 3.8) is 0 Å². The molecule has 0 unspecified atom stereocenters. The first-order valence-electron chi connectivity index (χ1n) is 10.7. The van der Waals surface area contributed by atoms with Crippen LogP contribution < -0.4 is 10.1 Å². The summed E-state index contributed by atoms with van der Waals surface area (Å²) >= 11 is 0. The minimum absolute atomic E-state index is 0.00723. The summed E-state index contributed by atoms with van der Waals surface area (Å²) in [4.78, 5) is 16.6. The summed E-state index contributed by atoms with van der Waals surface area (Å²) in [7, 11) is 0. The number of para-hydroxylation sites is 1. The van der Waals surface area contributed by atoms with Crippen LogP contribution in [-0.2, 0) is 11.2 Å². The quantitative estimate of drug-likeness (QED) is 0.360. The van der Waals surface area contributed by atoms with Gasteiger partial charge >= 0.3 is 0 Å². The molecule has 0 aliphatic heterocycles. The van der Waals surface area contributed by atoms with Crippen molar-refractivity contribution in [2.24, 2.45) is 5.92 Å². The minimum atomic E-state index is -0.0643. The number of amides is 1. The van der Waals surface area contributed by atoms with Gasteiger partial charge in [-0.3, -0.25) is 4.79 Å². The van der Waals surface area contributed by atoms with Gasteiger partial charge in [0.1, 0.15) is 17.3 Å².